The van der Waals surface area contributed by atoms with E-state index in [1.165, 1.54) is 0 Å². The van der Waals surface area contributed by atoms with Crippen LogP contribution >= 0.6 is 0 Å². The van der Waals surface area contributed by atoms with Gasteiger partial charge in [-0.3, -0.25) is 9.78 Å². The second-order valence-corrected chi connectivity index (χ2v) is 7.94. The van der Waals surface area contributed by atoms with Crippen molar-refractivity contribution in [2.45, 2.75) is 13.0 Å². The van der Waals surface area contributed by atoms with Gasteiger partial charge in [0.05, 0.1) is 11.1 Å². The predicted octanol–water partition coefficient (Wildman–Crippen LogP) is 4.42. The summed E-state index contributed by atoms with van der Waals surface area (Å²) >= 11 is 0. The largest absolute Gasteiger partial charge is 0.454 e. The van der Waals surface area contributed by atoms with Crippen LogP contribution in [0, 0.1) is 0 Å². The Kier molecular flexibility index (Phi) is 4.96. The molecule has 5 rings (SSSR count). The zero-order valence-electron chi connectivity index (χ0n) is 17.3. The molecule has 0 spiro atoms. The van der Waals surface area contributed by atoms with Crippen molar-refractivity contribution in [3.63, 3.8) is 0 Å². The number of pyridine rings is 1. The van der Waals surface area contributed by atoms with Gasteiger partial charge in [-0.05, 0) is 23.9 Å². The molecule has 0 saturated carbocycles. The van der Waals surface area contributed by atoms with Gasteiger partial charge in [0.25, 0.3) is 0 Å². The first kappa shape index (κ1) is 19.4. The minimum atomic E-state index is -0.473. The number of para-hydroxylation sites is 1. The van der Waals surface area contributed by atoms with E-state index in [1.54, 1.807) is 6.07 Å². The predicted molar refractivity (Wildman–Crippen MR) is 120 cm³/mol. The van der Waals surface area contributed by atoms with Crippen LogP contribution in [0.3, 0.4) is 0 Å². The number of Topliss-reactive ketones (excluding diaryl/α,β-unsaturated/α-hetero) is 1. The van der Waals surface area contributed by atoms with Crippen molar-refractivity contribution < 1.29 is 14.3 Å². The molecule has 5 nitrogen and oxygen atoms in total. The van der Waals surface area contributed by atoms with Crippen LogP contribution in [-0.2, 0) is 17.7 Å². The number of likely N-dealkylation sites (N-methyl/N-ethyl adjacent to an activating group) is 1. The average molecular weight is 410 g/mol. The number of esters is 1. The van der Waals surface area contributed by atoms with E-state index in [9.17, 15) is 9.59 Å². The Morgan fingerprint density at radius 3 is 2.58 bits per heavy atom. The van der Waals surface area contributed by atoms with Crippen LogP contribution in [-0.4, -0.2) is 41.8 Å². The summed E-state index contributed by atoms with van der Waals surface area (Å²) in [4.78, 5) is 33.0. The Bertz CT molecular complexity index is 1320. The number of fused-ring (bicyclic) bond motifs is 3. The van der Waals surface area contributed by atoms with E-state index >= 15 is 0 Å². The highest BCUT2D eigenvalue weighted by Crippen LogP contribution is 2.28. The number of aromatic nitrogens is 1. The highest BCUT2D eigenvalue weighted by atomic mass is 16.5. The van der Waals surface area contributed by atoms with Crippen LogP contribution in [0.25, 0.3) is 21.7 Å². The molecule has 1 aliphatic rings. The lowest BCUT2D eigenvalue weighted by Crippen LogP contribution is -2.29. The van der Waals surface area contributed by atoms with Crippen molar-refractivity contribution in [3.8, 4) is 0 Å². The lowest BCUT2D eigenvalue weighted by molar-refractivity contribution is 0.0474. The van der Waals surface area contributed by atoms with Gasteiger partial charge in [-0.15, -0.1) is 0 Å². The molecule has 2 heterocycles. The van der Waals surface area contributed by atoms with Crippen molar-refractivity contribution in [2.75, 3.05) is 20.2 Å². The molecule has 0 unspecified atom stereocenters. The Balaban J connectivity index is 1.47. The minimum absolute atomic E-state index is 0.213. The van der Waals surface area contributed by atoms with E-state index in [4.69, 9.17) is 9.72 Å². The molecule has 0 radical (unpaired) electrons. The molecule has 0 saturated heterocycles. The lowest BCUT2D eigenvalue weighted by Gasteiger charge is -2.26. The van der Waals surface area contributed by atoms with Crippen molar-refractivity contribution >= 4 is 33.4 Å². The van der Waals surface area contributed by atoms with E-state index in [1.807, 2.05) is 67.7 Å². The van der Waals surface area contributed by atoms with Gasteiger partial charge < -0.3 is 9.64 Å². The van der Waals surface area contributed by atoms with Gasteiger partial charge in [0.2, 0.25) is 5.78 Å². The minimum Gasteiger partial charge on any atom is -0.454 e. The fourth-order valence-electron chi connectivity index (χ4n) is 4.31. The maximum Gasteiger partial charge on any atom is 0.339 e. The molecule has 154 valence electrons. The zero-order valence-corrected chi connectivity index (χ0v) is 17.3. The quantitative estimate of drug-likeness (QED) is 0.368. The number of nitrogens with zero attached hydrogens (tertiary/aromatic N) is 2. The molecule has 3 aromatic carbocycles. The smallest absolute Gasteiger partial charge is 0.339 e. The first-order chi connectivity index (χ1) is 15.1. The number of benzene rings is 3. The van der Waals surface area contributed by atoms with Gasteiger partial charge in [-0.2, -0.15) is 0 Å². The zero-order chi connectivity index (χ0) is 21.4. The van der Waals surface area contributed by atoms with Crippen LogP contribution < -0.4 is 0 Å². The Hall–Kier alpha value is -3.57. The number of ketones is 1. The first-order valence-corrected chi connectivity index (χ1v) is 10.4. The molecule has 0 amide bonds. The first-order valence-electron chi connectivity index (χ1n) is 10.4. The van der Waals surface area contributed by atoms with Crippen LogP contribution in [0.5, 0.6) is 0 Å². The van der Waals surface area contributed by atoms with Gasteiger partial charge in [0.15, 0.2) is 6.61 Å². The molecule has 0 N–H and O–H groups in total. The van der Waals surface area contributed by atoms with Crippen molar-refractivity contribution in [2.24, 2.45) is 0 Å². The second-order valence-electron chi connectivity index (χ2n) is 7.94. The van der Waals surface area contributed by atoms with Crippen molar-refractivity contribution in [1.29, 1.82) is 0 Å². The molecule has 5 heteroatoms. The van der Waals surface area contributed by atoms with Crippen molar-refractivity contribution in [1.82, 2.24) is 9.88 Å². The van der Waals surface area contributed by atoms with E-state index in [-0.39, 0.29) is 12.4 Å². The maximum absolute atomic E-state index is 13.2. The number of ether oxygens (including phenoxy) is 1. The van der Waals surface area contributed by atoms with E-state index in [0.717, 1.165) is 45.9 Å². The number of rotatable bonds is 4. The van der Waals surface area contributed by atoms with E-state index < -0.39 is 5.97 Å². The molecule has 0 aliphatic carbocycles. The number of hydrogen-bond donors (Lipinski definition) is 0. The second kappa shape index (κ2) is 7.93. The summed E-state index contributed by atoms with van der Waals surface area (Å²) in [5, 5.41) is 2.61. The summed E-state index contributed by atoms with van der Waals surface area (Å²) in [6, 6.07) is 20.9. The molecule has 1 aromatic heterocycles. The number of hydrogen-bond acceptors (Lipinski definition) is 5. The fraction of sp³-hybridized carbons (Fsp3) is 0.192. The van der Waals surface area contributed by atoms with Gasteiger partial charge in [0, 0.05) is 41.7 Å². The van der Waals surface area contributed by atoms with Crippen molar-refractivity contribution in [3.05, 3.63) is 89.1 Å². The highest BCUT2D eigenvalue weighted by Gasteiger charge is 2.26. The standard InChI is InChI=1S/C26H22N2O3/c1-28-14-13-23-21(15-28)25(20-10-4-5-12-22(20)27-23)26(30)31-16-24(29)19-11-6-8-17-7-2-3-9-18(17)19/h2-12H,13-16H2,1H3. The van der Waals surface area contributed by atoms with Crippen LogP contribution in [0.1, 0.15) is 32.0 Å². The van der Waals surface area contributed by atoms with Crippen LogP contribution in [0.15, 0.2) is 66.7 Å². The average Bonchev–Trinajstić information content (AvgIpc) is 2.80. The van der Waals surface area contributed by atoms with Gasteiger partial charge in [-0.1, -0.05) is 60.7 Å². The molecule has 31 heavy (non-hydrogen) atoms. The van der Waals surface area contributed by atoms with Crippen LogP contribution in [0.2, 0.25) is 0 Å². The summed E-state index contributed by atoms with van der Waals surface area (Å²) in [6.45, 7) is 1.23. The summed E-state index contributed by atoms with van der Waals surface area (Å²) in [5.74, 6) is -0.687. The Morgan fingerprint density at radius 1 is 0.968 bits per heavy atom. The monoisotopic (exact) mass is 410 g/mol. The number of carbonyl (C=O) groups is 2. The third-order valence-corrected chi connectivity index (χ3v) is 5.87. The summed E-state index contributed by atoms with van der Waals surface area (Å²) in [5.41, 5.74) is 3.70. The lowest BCUT2D eigenvalue weighted by atomic mass is 9.96. The summed E-state index contributed by atoms with van der Waals surface area (Å²) < 4.78 is 5.57. The third-order valence-electron chi connectivity index (χ3n) is 5.87. The summed E-state index contributed by atoms with van der Waals surface area (Å²) in [7, 11) is 2.03. The molecular weight excluding hydrogens is 388 g/mol. The van der Waals surface area contributed by atoms with E-state index in [0.29, 0.717) is 17.7 Å². The maximum atomic E-state index is 13.2. The van der Waals surface area contributed by atoms with E-state index in [2.05, 4.69) is 4.90 Å². The molecule has 0 fully saturated rings. The molecule has 0 bridgehead atoms. The SMILES string of the molecule is CN1CCc2nc3ccccc3c(C(=O)OCC(=O)c3cccc4ccccc34)c2C1. The van der Waals surface area contributed by atoms with Gasteiger partial charge >= 0.3 is 5.97 Å². The normalized spacial score (nSPS) is 13.8. The molecule has 0 atom stereocenters. The topological polar surface area (TPSA) is 59.5 Å². The molecule has 1 aliphatic heterocycles. The number of carbonyl (C=O) groups excluding carboxylic acids is 2. The fourth-order valence-corrected chi connectivity index (χ4v) is 4.31. The Morgan fingerprint density at radius 2 is 1.71 bits per heavy atom. The highest BCUT2D eigenvalue weighted by molar-refractivity contribution is 6.10. The third kappa shape index (κ3) is 3.57. The Labute approximate surface area is 180 Å². The summed E-state index contributed by atoms with van der Waals surface area (Å²) in [6.07, 6.45) is 0.784. The van der Waals surface area contributed by atoms with Crippen LogP contribution in [0.4, 0.5) is 0 Å². The molecule has 4 aromatic rings. The van der Waals surface area contributed by atoms with Gasteiger partial charge in [-0.25, -0.2) is 4.79 Å². The molecular formula is C26H22N2O3. The van der Waals surface area contributed by atoms with Gasteiger partial charge in [0.1, 0.15) is 0 Å².